The zero-order chi connectivity index (χ0) is 20.9. The number of likely N-dealkylation sites (tertiary alicyclic amines) is 1. The van der Waals surface area contributed by atoms with Gasteiger partial charge in [0, 0.05) is 38.6 Å². The van der Waals surface area contributed by atoms with Crippen LogP contribution in [-0.4, -0.2) is 69.0 Å². The van der Waals surface area contributed by atoms with Crippen molar-refractivity contribution in [2.75, 3.05) is 33.3 Å². The zero-order valence-electron chi connectivity index (χ0n) is 16.8. The second-order valence-corrected chi connectivity index (χ2v) is 9.49. The van der Waals surface area contributed by atoms with Crippen molar-refractivity contribution >= 4 is 22.0 Å². The van der Waals surface area contributed by atoms with Crippen LogP contribution in [0.1, 0.15) is 37.7 Å². The van der Waals surface area contributed by atoms with E-state index in [1.54, 1.807) is 29.2 Å². The van der Waals surface area contributed by atoms with Gasteiger partial charge < -0.3 is 15.0 Å². The lowest BCUT2D eigenvalue weighted by Gasteiger charge is -2.31. The summed E-state index contributed by atoms with van der Waals surface area (Å²) in [5.41, 5.74) is 0.932. The van der Waals surface area contributed by atoms with Crippen molar-refractivity contribution in [3.63, 3.8) is 0 Å². The van der Waals surface area contributed by atoms with Crippen LogP contribution >= 0.6 is 0 Å². The number of hydrogen-bond acceptors (Lipinski definition) is 5. The topological polar surface area (TPSA) is 96.0 Å². The first-order valence-electron chi connectivity index (χ1n) is 10.1. The summed E-state index contributed by atoms with van der Waals surface area (Å²) in [4.78, 5) is 25.7. The summed E-state index contributed by atoms with van der Waals surface area (Å²) in [5, 5.41) is 3.02. The molecule has 29 heavy (non-hydrogen) atoms. The lowest BCUT2D eigenvalue weighted by Crippen LogP contribution is -2.46. The van der Waals surface area contributed by atoms with E-state index in [2.05, 4.69) is 5.32 Å². The molecule has 0 spiro atoms. The summed E-state index contributed by atoms with van der Waals surface area (Å²) in [5.74, 6) is -0.0321. The molecule has 1 aromatic rings. The molecule has 1 N–H and O–H groups in total. The van der Waals surface area contributed by atoms with E-state index in [-0.39, 0.29) is 18.0 Å². The van der Waals surface area contributed by atoms with E-state index in [9.17, 15) is 18.0 Å². The van der Waals surface area contributed by atoms with Gasteiger partial charge in [0.1, 0.15) is 0 Å². The lowest BCUT2D eigenvalue weighted by atomic mass is 10.0. The first-order valence-corrected chi connectivity index (χ1v) is 11.6. The van der Waals surface area contributed by atoms with Gasteiger partial charge in [-0.05, 0) is 49.8 Å². The lowest BCUT2D eigenvalue weighted by molar-refractivity contribution is -0.122. The Hall–Kier alpha value is -2.13. The number of piperidine rings is 1. The van der Waals surface area contributed by atoms with Crippen molar-refractivity contribution in [1.82, 2.24) is 14.5 Å². The molecule has 0 bridgehead atoms. The highest BCUT2D eigenvalue weighted by Crippen LogP contribution is 2.21. The molecule has 2 saturated heterocycles. The molecule has 0 unspecified atom stereocenters. The van der Waals surface area contributed by atoms with Crippen LogP contribution in [0.2, 0.25) is 0 Å². The average Bonchev–Trinajstić information content (AvgIpc) is 3.28. The van der Waals surface area contributed by atoms with Gasteiger partial charge in [0.25, 0.3) is 0 Å². The zero-order valence-corrected chi connectivity index (χ0v) is 17.6. The molecular formula is C20H29N3O5S. The van der Waals surface area contributed by atoms with E-state index in [4.69, 9.17) is 4.74 Å². The second-order valence-electron chi connectivity index (χ2n) is 7.55. The quantitative estimate of drug-likeness (QED) is 0.752. The number of methoxy groups -OCH3 is 1. The number of carbonyl (C=O) groups is 2. The Morgan fingerprint density at radius 1 is 1.07 bits per heavy atom. The highest BCUT2D eigenvalue weighted by Gasteiger charge is 2.27. The molecule has 0 aliphatic carbocycles. The standard InChI is InChI=1S/C20H29N3O5S/c1-28-20(25)22-14-10-17(11-15-22)21-19(24)9-6-16-4-7-18(8-5-16)29(26,27)23-12-2-3-13-23/h4-5,7-8,17H,2-3,6,9-15H2,1H3,(H,21,24). The molecule has 0 atom stereocenters. The van der Waals surface area contributed by atoms with Crippen LogP contribution in [0.3, 0.4) is 0 Å². The number of rotatable bonds is 6. The van der Waals surface area contributed by atoms with E-state index in [0.717, 1.165) is 18.4 Å². The Morgan fingerprint density at radius 3 is 2.28 bits per heavy atom. The van der Waals surface area contributed by atoms with E-state index in [1.165, 1.54) is 11.4 Å². The number of benzene rings is 1. The third kappa shape index (κ3) is 5.48. The van der Waals surface area contributed by atoms with Crippen molar-refractivity contribution in [3.05, 3.63) is 29.8 Å². The van der Waals surface area contributed by atoms with Crippen molar-refractivity contribution < 1.29 is 22.7 Å². The number of carbonyl (C=O) groups excluding carboxylic acids is 2. The molecule has 1 aromatic carbocycles. The van der Waals surface area contributed by atoms with Crippen LogP contribution in [0.4, 0.5) is 4.79 Å². The third-order valence-corrected chi connectivity index (χ3v) is 7.47. The van der Waals surface area contributed by atoms with E-state index in [1.807, 2.05) is 0 Å². The summed E-state index contributed by atoms with van der Waals surface area (Å²) >= 11 is 0. The number of hydrogen-bond donors (Lipinski definition) is 1. The van der Waals surface area contributed by atoms with Gasteiger partial charge in [-0.15, -0.1) is 0 Å². The highest BCUT2D eigenvalue weighted by atomic mass is 32.2. The fraction of sp³-hybridized carbons (Fsp3) is 0.600. The van der Waals surface area contributed by atoms with Crippen LogP contribution in [0.25, 0.3) is 0 Å². The SMILES string of the molecule is COC(=O)N1CCC(NC(=O)CCc2ccc(S(=O)(=O)N3CCCC3)cc2)CC1. The summed E-state index contributed by atoms with van der Waals surface area (Å²) in [6, 6.07) is 6.89. The Balaban J connectivity index is 1.44. The Bertz CT molecular complexity index is 811. The largest absolute Gasteiger partial charge is 0.453 e. The van der Waals surface area contributed by atoms with Crippen LogP contribution in [-0.2, 0) is 26.0 Å². The van der Waals surface area contributed by atoms with Crippen LogP contribution < -0.4 is 5.32 Å². The van der Waals surface area contributed by atoms with Crippen molar-refractivity contribution in [2.24, 2.45) is 0 Å². The number of ether oxygens (including phenoxy) is 1. The maximum Gasteiger partial charge on any atom is 0.409 e. The molecule has 160 valence electrons. The molecule has 2 fully saturated rings. The summed E-state index contributed by atoms with van der Waals surface area (Å²) < 4.78 is 31.3. The fourth-order valence-corrected chi connectivity index (χ4v) is 5.32. The van der Waals surface area contributed by atoms with Gasteiger partial charge in [-0.25, -0.2) is 13.2 Å². The van der Waals surface area contributed by atoms with Gasteiger partial charge >= 0.3 is 6.09 Å². The smallest absolute Gasteiger partial charge is 0.409 e. The summed E-state index contributed by atoms with van der Waals surface area (Å²) in [6.45, 7) is 2.32. The van der Waals surface area contributed by atoms with Gasteiger partial charge in [0.2, 0.25) is 15.9 Å². The van der Waals surface area contributed by atoms with Gasteiger partial charge in [0.05, 0.1) is 12.0 Å². The average molecular weight is 424 g/mol. The van der Waals surface area contributed by atoms with Crippen LogP contribution in [0.15, 0.2) is 29.2 Å². The van der Waals surface area contributed by atoms with Crippen LogP contribution in [0, 0.1) is 0 Å². The molecule has 0 radical (unpaired) electrons. The normalized spacial score (nSPS) is 18.6. The Morgan fingerprint density at radius 2 is 1.69 bits per heavy atom. The minimum absolute atomic E-state index is 0.0321. The maximum atomic E-state index is 12.5. The minimum Gasteiger partial charge on any atom is -0.453 e. The summed E-state index contributed by atoms with van der Waals surface area (Å²) in [7, 11) is -2.04. The van der Waals surface area contributed by atoms with E-state index >= 15 is 0 Å². The third-order valence-electron chi connectivity index (χ3n) is 5.56. The van der Waals surface area contributed by atoms with Crippen LogP contribution in [0.5, 0.6) is 0 Å². The van der Waals surface area contributed by atoms with Crippen molar-refractivity contribution in [1.29, 1.82) is 0 Å². The van der Waals surface area contributed by atoms with Gasteiger partial charge in [-0.1, -0.05) is 12.1 Å². The Kier molecular flexibility index (Phi) is 7.13. The molecule has 0 saturated carbocycles. The molecule has 2 aliphatic heterocycles. The fourth-order valence-electron chi connectivity index (χ4n) is 3.80. The van der Waals surface area contributed by atoms with Crippen molar-refractivity contribution in [3.8, 4) is 0 Å². The van der Waals surface area contributed by atoms with E-state index < -0.39 is 10.0 Å². The number of nitrogens with zero attached hydrogens (tertiary/aromatic N) is 2. The number of aryl methyl sites for hydroxylation is 1. The summed E-state index contributed by atoms with van der Waals surface area (Å²) in [6.07, 6.45) is 3.81. The first kappa shape index (κ1) is 21.6. The number of sulfonamides is 1. The minimum atomic E-state index is -3.40. The Labute approximate surface area is 172 Å². The predicted octanol–water partition coefficient (Wildman–Crippen LogP) is 1.75. The highest BCUT2D eigenvalue weighted by molar-refractivity contribution is 7.89. The second kappa shape index (κ2) is 9.58. The predicted molar refractivity (Wildman–Crippen MR) is 108 cm³/mol. The van der Waals surface area contributed by atoms with E-state index in [0.29, 0.717) is 56.8 Å². The molecular weight excluding hydrogens is 394 g/mol. The molecule has 2 amide bonds. The molecule has 3 rings (SSSR count). The molecule has 0 aromatic heterocycles. The molecule has 9 heteroatoms. The molecule has 8 nitrogen and oxygen atoms in total. The maximum absolute atomic E-state index is 12.5. The number of amides is 2. The number of nitrogens with one attached hydrogen (secondary N) is 1. The monoisotopic (exact) mass is 423 g/mol. The van der Waals surface area contributed by atoms with Crippen molar-refractivity contribution in [2.45, 2.75) is 49.5 Å². The molecule has 2 aliphatic rings. The van der Waals surface area contributed by atoms with Gasteiger partial charge in [0.15, 0.2) is 0 Å². The first-order chi connectivity index (χ1) is 13.9. The van der Waals surface area contributed by atoms with Gasteiger partial charge in [-0.2, -0.15) is 4.31 Å². The molecule has 2 heterocycles. The van der Waals surface area contributed by atoms with Gasteiger partial charge in [-0.3, -0.25) is 4.79 Å².